The van der Waals surface area contributed by atoms with Crippen molar-refractivity contribution in [2.24, 2.45) is 0 Å². The van der Waals surface area contributed by atoms with Crippen molar-refractivity contribution in [3.05, 3.63) is 193 Å². The summed E-state index contributed by atoms with van der Waals surface area (Å²) in [6.45, 7) is 6.41. The van der Waals surface area contributed by atoms with Gasteiger partial charge in [-0.25, -0.2) is 0 Å². The Morgan fingerprint density at radius 2 is 0.444 bits per heavy atom. The SMILES string of the molecule is Cc1c(-n2c3ccccc3c(=O)c3ccccc32)c(C)c(-n2c3ccccc3c(=O)c3ccccc32)c(C)c1-n1c2ccccc2c(=O)c2ccccc21. The zero-order valence-electron chi connectivity index (χ0n) is 29.9. The minimum atomic E-state index is -0.0184. The van der Waals surface area contributed by atoms with Crippen LogP contribution >= 0.6 is 0 Å². The van der Waals surface area contributed by atoms with Crippen LogP contribution in [-0.4, -0.2) is 13.7 Å². The van der Waals surface area contributed by atoms with E-state index in [4.69, 9.17) is 0 Å². The number of hydrogen-bond acceptors (Lipinski definition) is 3. The van der Waals surface area contributed by atoms with E-state index < -0.39 is 0 Å². The zero-order valence-corrected chi connectivity index (χ0v) is 29.9. The number of pyridine rings is 3. The van der Waals surface area contributed by atoms with E-state index in [9.17, 15) is 14.4 Å². The molecule has 0 unspecified atom stereocenters. The lowest BCUT2D eigenvalue weighted by atomic mass is 9.95. The first-order chi connectivity index (χ1) is 26.4. The summed E-state index contributed by atoms with van der Waals surface area (Å²) in [5.41, 5.74) is 10.3. The van der Waals surface area contributed by atoms with Gasteiger partial charge in [0, 0.05) is 32.3 Å². The van der Waals surface area contributed by atoms with E-state index >= 15 is 0 Å². The van der Waals surface area contributed by atoms with Crippen LogP contribution in [0.25, 0.3) is 82.5 Å². The summed E-state index contributed by atoms with van der Waals surface area (Å²) in [6.07, 6.45) is 0. The Hall–Kier alpha value is -7.05. The third kappa shape index (κ3) is 4.25. The van der Waals surface area contributed by atoms with E-state index in [0.717, 1.165) is 66.9 Å². The van der Waals surface area contributed by atoms with Crippen molar-refractivity contribution in [2.75, 3.05) is 0 Å². The lowest BCUT2D eigenvalue weighted by Gasteiger charge is -2.29. The lowest BCUT2D eigenvalue weighted by molar-refractivity contribution is 1.01. The van der Waals surface area contributed by atoms with Crippen LogP contribution in [0.2, 0.25) is 0 Å². The summed E-state index contributed by atoms with van der Waals surface area (Å²) < 4.78 is 6.68. The van der Waals surface area contributed by atoms with Gasteiger partial charge in [0.05, 0.1) is 50.2 Å². The molecular formula is C48H33N3O3. The molecule has 3 aromatic heterocycles. The molecule has 0 fully saturated rings. The predicted octanol–water partition coefficient (Wildman–Crippen LogP) is 9.98. The average molecular weight is 700 g/mol. The molecule has 7 aromatic carbocycles. The molecule has 0 radical (unpaired) electrons. The van der Waals surface area contributed by atoms with Gasteiger partial charge in [-0.05, 0) is 110 Å². The van der Waals surface area contributed by atoms with Crippen molar-refractivity contribution >= 4 is 65.4 Å². The van der Waals surface area contributed by atoms with E-state index in [-0.39, 0.29) is 16.3 Å². The van der Waals surface area contributed by atoms with Crippen LogP contribution in [0.5, 0.6) is 0 Å². The standard InChI is InChI=1S/C48H33N3O3/c1-28-43(49-37-22-10-4-16-31(37)46(52)32-17-5-11-23-38(32)49)29(2)45(51-41-26-14-8-20-35(41)48(54)36-21-9-15-27-42(36)51)30(3)44(28)50-39-24-12-6-18-33(39)47(53)34-19-7-13-25-40(34)50/h4-27H,1-3H3. The topological polar surface area (TPSA) is 66.0 Å². The minimum Gasteiger partial charge on any atom is -0.308 e. The molecule has 0 aliphatic heterocycles. The Balaban J connectivity index is 1.52. The largest absolute Gasteiger partial charge is 0.308 e. The number of para-hydroxylation sites is 6. The summed E-state index contributed by atoms with van der Waals surface area (Å²) in [5, 5.41) is 3.73. The molecular weight excluding hydrogens is 667 g/mol. The molecule has 0 saturated heterocycles. The van der Waals surface area contributed by atoms with Gasteiger partial charge in [-0.2, -0.15) is 0 Å². The second-order valence-corrected chi connectivity index (χ2v) is 14.0. The van der Waals surface area contributed by atoms with Gasteiger partial charge >= 0.3 is 0 Å². The molecule has 6 nitrogen and oxygen atoms in total. The first kappa shape index (κ1) is 31.7. The second kappa shape index (κ2) is 11.7. The summed E-state index contributed by atoms with van der Waals surface area (Å²) in [4.78, 5) is 42.1. The number of nitrogens with zero attached hydrogens (tertiary/aromatic N) is 3. The van der Waals surface area contributed by atoms with Crippen LogP contribution in [0, 0.1) is 20.8 Å². The molecule has 10 aromatic rings. The first-order valence-corrected chi connectivity index (χ1v) is 18.1. The molecule has 10 rings (SSSR count). The van der Waals surface area contributed by atoms with Crippen LogP contribution < -0.4 is 16.3 Å². The van der Waals surface area contributed by atoms with Crippen molar-refractivity contribution in [3.8, 4) is 17.1 Å². The molecule has 0 bridgehead atoms. The van der Waals surface area contributed by atoms with Crippen molar-refractivity contribution in [2.45, 2.75) is 20.8 Å². The third-order valence-electron chi connectivity index (χ3n) is 11.1. The molecule has 3 heterocycles. The zero-order chi connectivity index (χ0) is 36.8. The lowest BCUT2D eigenvalue weighted by Crippen LogP contribution is -2.19. The maximum absolute atomic E-state index is 14.0. The molecule has 0 aliphatic carbocycles. The van der Waals surface area contributed by atoms with Gasteiger partial charge in [0.15, 0.2) is 16.3 Å². The fourth-order valence-electron chi connectivity index (χ4n) is 8.90. The monoisotopic (exact) mass is 699 g/mol. The van der Waals surface area contributed by atoms with Crippen molar-refractivity contribution in [1.29, 1.82) is 0 Å². The van der Waals surface area contributed by atoms with Crippen molar-refractivity contribution in [1.82, 2.24) is 13.7 Å². The number of aromatic nitrogens is 3. The molecule has 54 heavy (non-hydrogen) atoms. The van der Waals surface area contributed by atoms with Gasteiger partial charge in [-0.15, -0.1) is 0 Å². The average Bonchev–Trinajstić information content (AvgIpc) is 3.21. The molecule has 6 heteroatoms. The molecule has 0 N–H and O–H groups in total. The Kier molecular flexibility index (Phi) is 6.88. The van der Waals surface area contributed by atoms with E-state index in [1.54, 1.807) is 0 Å². The molecule has 0 aliphatic rings. The van der Waals surface area contributed by atoms with Gasteiger partial charge in [-0.3, -0.25) is 14.4 Å². The highest BCUT2D eigenvalue weighted by Gasteiger charge is 2.27. The summed E-state index contributed by atoms with van der Waals surface area (Å²) in [5.74, 6) is 0. The van der Waals surface area contributed by atoms with Crippen LogP contribution in [0.15, 0.2) is 160 Å². The number of rotatable bonds is 3. The van der Waals surface area contributed by atoms with Crippen LogP contribution in [0.4, 0.5) is 0 Å². The van der Waals surface area contributed by atoms with Crippen LogP contribution in [-0.2, 0) is 0 Å². The van der Waals surface area contributed by atoms with Gasteiger partial charge in [0.25, 0.3) is 0 Å². The summed E-state index contributed by atoms with van der Waals surface area (Å²) in [7, 11) is 0. The summed E-state index contributed by atoms with van der Waals surface area (Å²) in [6, 6.07) is 46.7. The molecule has 0 saturated carbocycles. The number of fused-ring (bicyclic) bond motifs is 6. The van der Waals surface area contributed by atoms with Gasteiger partial charge in [0.2, 0.25) is 0 Å². The smallest absolute Gasteiger partial charge is 0.197 e. The van der Waals surface area contributed by atoms with Crippen LogP contribution in [0.1, 0.15) is 16.7 Å². The molecule has 0 atom stereocenters. The Morgan fingerprint density at radius 3 is 0.630 bits per heavy atom. The highest BCUT2D eigenvalue weighted by molar-refractivity contribution is 6.00. The Morgan fingerprint density at radius 1 is 0.278 bits per heavy atom. The number of benzene rings is 7. The first-order valence-electron chi connectivity index (χ1n) is 18.1. The van der Waals surface area contributed by atoms with E-state index in [1.807, 2.05) is 146 Å². The molecule has 258 valence electrons. The fraction of sp³-hybridized carbons (Fsp3) is 0.0625. The molecule has 0 spiro atoms. The maximum Gasteiger partial charge on any atom is 0.197 e. The van der Waals surface area contributed by atoms with E-state index in [2.05, 4.69) is 34.5 Å². The summed E-state index contributed by atoms with van der Waals surface area (Å²) >= 11 is 0. The van der Waals surface area contributed by atoms with Gasteiger partial charge in [0.1, 0.15) is 0 Å². The predicted molar refractivity (Wildman–Crippen MR) is 222 cm³/mol. The fourth-order valence-corrected chi connectivity index (χ4v) is 8.90. The second-order valence-electron chi connectivity index (χ2n) is 14.0. The quantitative estimate of drug-likeness (QED) is 0.173. The van der Waals surface area contributed by atoms with Crippen molar-refractivity contribution in [3.63, 3.8) is 0 Å². The number of hydrogen-bond donors (Lipinski definition) is 0. The Labute approximate surface area is 309 Å². The van der Waals surface area contributed by atoms with E-state index in [0.29, 0.717) is 32.3 Å². The van der Waals surface area contributed by atoms with Crippen molar-refractivity contribution < 1.29 is 0 Å². The highest BCUT2D eigenvalue weighted by Crippen LogP contribution is 2.41. The third-order valence-corrected chi connectivity index (χ3v) is 11.1. The van der Waals surface area contributed by atoms with Crippen LogP contribution in [0.3, 0.4) is 0 Å². The maximum atomic E-state index is 14.0. The molecule has 0 amide bonds. The van der Waals surface area contributed by atoms with Gasteiger partial charge in [-0.1, -0.05) is 72.8 Å². The highest BCUT2D eigenvalue weighted by atomic mass is 16.1. The van der Waals surface area contributed by atoms with Gasteiger partial charge < -0.3 is 13.7 Å². The Bertz CT molecular complexity index is 2880. The minimum absolute atomic E-state index is 0.0184. The van der Waals surface area contributed by atoms with E-state index in [1.165, 1.54) is 0 Å². The normalized spacial score (nSPS) is 11.8.